The molecule has 7 nitrogen and oxygen atoms in total. The van der Waals surface area contributed by atoms with Crippen molar-refractivity contribution in [1.29, 1.82) is 0 Å². The van der Waals surface area contributed by atoms with Crippen LogP contribution < -0.4 is 0 Å². The lowest BCUT2D eigenvalue weighted by Gasteiger charge is -2.18. The maximum absolute atomic E-state index is 12.8. The summed E-state index contributed by atoms with van der Waals surface area (Å²) >= 11 is 1.59. The van der Waals surface area contributed by atoms with Crippen molar-refractivity contribution in [2.75, 3.05) is 13.1 Å². The third-order valence-electron chi connectivity index (χ3n) is 5.11. The van der Waals surface area contributed by atoms with E-state index in [4.69, 9.17) is 4.98 Å². The highest BCUT2D eigenvalue weighted by molar-refractivity contribution is 7.98. The Kier molecular flexibility index (Phi) is 6.17. The Morgan fingerprint density at radius 1 is 1.13 bits per heavy atom. The summed E-state index contributed by atoms with van der Waals surface area (Å²) in [6.07, 6.45) is 1.86. The fraction of sp³-hybridized carbons (Fsp3) is 0.273. The molecule has 9 heteroatoms. The van der Waals surface area contributed by atoms with Gasteiger partial charge in [0.25, 0.3) is 0 Å². The number of nitrogens with zero attached hydrogens (tertiary/aromatic N) is 4. The molecule has 0 atom stereocenters. The molecule has 0 aliphatic carbocycles. The number of sulfonamides is 1. The summed E-state index contributed by atoms with van der Waals surface area (Å²) in [5.41, 5.74) is 3.47. The molecular weight excluding hydrogens is 430 g/mol. The van der Waals surface area contributed by atoms with Crippen LogP contribution in [0.2, 0.25) is 0 Å². The SMILES string of the molecule is C=CCn1c(SCc2nc3ccc(S(=O)(=O)N(CC)CC)cc3[nH]2)nc2ccccc21. The summed E-state index contributed by atoms with van der Waals surface area (Å²) < 4.78 is 29.2. The molecule has 2 heterocycles. The molecule has 0 amide bonds. The number of allylic oxidation sites excluding steroid dienone is 1. The molecule has 0 aliphatic heterocycles. The standard InChI is InChI=1S/C22H25N5O2S2/c1-4-13-27-20-10-8-7-9-18(20)25-22(27)30-15-21-23-17-12-11-16(14-19(17)24-21)31(28,29)26(5-2)6-3/h4,7-12,14H,1,5-6,13,15H2,2-3H3,(H,23,24). The first kappa shape index (κ1) is 21.6. The number of aromatic nitrogens is 4. The maximum atomic E-state index is 12.8. The maximum Gasteiger partial charge on any atom is 0.243 e. The number of fused-ring (bicyclic) bond motifs is 2. The van der Waals surface area contributed by atoms with Crippen molar-refractivity contribution in [3.05, 3.63) is 60.9 Å². The highest BCUT2D eigenvalue weighted by Crippen LogP contribution is 2.27. The van der Waals surface area contributed by atoms with E-state index in [9.17, 15) is 8.42 Å². The highest BCUT2D eigenvalue weighted by Gasteiger charge is 2.22. The van der Waals surface area contributed by atoms with E-state index < -0.39 is 10.0 Å². The molecule has 2 aromatic carbocycles. The van der Waals surface area contributed by atoms with Crippen LogP contribution in [0.1, 0.15) is 19.7 Å². The first-order valence-electron chi connectivity index (χ1n) is 10.2. The molecule has 0 spiro atoms. The van der Waals surface area contributed by atoms with Crippen molar-refractivity contribution in [2.45, 2.75) is 36.2 Å². The Hall–Kier alpha value is -2.62. The first-order chi connectivity index (χ1) is 15.0. The van der Waals surface area contributed by atoms with E-state index in [1.807, 2.05) is 38.1 Å². The number of rotatable bonds is 9. The Bertz CT molecular complexity index is 1340. The van der Waals surface area contributed by atoms with Gasteiger partial charge < -0.3 is 9.55 Å². The average Bonchev–Trinajstić information content (AvgIpc) is 3.33. The number of nitrogens with one attached hydrogen (secondary N) is 1. The van der Waals surface area contributed by atoms with Crippen molar-refractivity contribution < 1.29 is 8.42 Å². The van der Waals surface area contributed by atoms with Gasteiger partial charge in [0.2, 0.25) is 10.0 Å². The molecular formula is C22H25N5O2S2. The van der Waals surface area contributed by atoms with E-state index in [-0.39, 0.29) is 4.90 Å². The Morgan fingerprint density at radius 2 is 1.90 bits per heavy atom. The molecule has 0 unspecified atom stereocenters. The molecule has 162 valence electrons. The van der Waals surface area contributed by atoms with Crippen molar-refractivity contribution in [3.63, 3.8) is 0 Å². The normalized spacial score (nSPS) is 12.2. The zero-order chi connectivity index (χ0) is 22.0. The molecule has 0 aliphatic rings. The minimum Gasteiger partial charge on any atom is -0.341 e. The molecule has 31 heavy (non-hydrogen) atoms. The zero-order valence-electron chi connectivity index (χ0n) is 17.6. The fourth-order valence-corrected chi connectivity index (χ4v) is 5.96. The Morgan fingerprint density at radius 3 is 2.65 bits per heavy atom. The van der Waals surface area contributed by atoms with E-state index in [2.05, 4.69) is 27.2 Å². The average molecular weight is 456 g/mol. The van der Waals surface area contributed by atoms with Gasteiger partial charge in [-0.2, -0.15) is 4.31 Å². The highest BCUT2D eigenvalue weighted by atomic mass is 32.2. The van der Waals surface area contributed by atoms with E-state index in [1.54, 1.807) is 30.0 Å². The van der Waals surface area contributed by atoms with Gasteiger partial charge in [-0.25, -0.2) is 18.4 Å². The third-order valence-corrected chi connectivity index (χ3v) is 8.15. The van der Waals surface area contributed by atoms with E-state index >= 15 is 0 Å². The van der Waals surface area contributed by atoms with E-state index in [1.165, 1.54) is 4.31 Å². The molecule has 1 N–H and O–H groups in total. The van der Waals surface area contributed by atoms with Crippen molar-refractivity contribution in [2.24, 2.45) is 0 Å². The van der Waals surface area contributed by atoms with Crippen molar-refractivity contribution in [3.8, 4) is 0 Å². The first-order valence-corrected chi connectivity index (χ1v) is 12.6. The lowest BCUT2D eigenvalue weighted by molar-refractivity contribution is 0.445. The number of imidazole rings is 2. The largest absolute Gasteiger partial charge is 0.341 e. The Labute approximate surface area is 186 Å². The molecule has 4 rings (SSSR count). The quantitative estimate of drug-likeness (QED) is 0.298. The molecule has 0 bridgehead atoms. The minimum atomic E-state index is -3.51. The zero-order valence-corrected chi connectivity index (χ0v) is 19.2. The number of para-hydroxylation sites is 2. The van der Waals surface area contributed by atoms with Gasteiger partial charge >= 0.3 is 0 Å². The number of H-pyrrole nitrogens is 1. The second-order valence-electron chi connectivity index (χ2n) is 7.02. The van der Waals surface area contributed by atoms with Crippen LogP contribution in [0.25, 0.3) is 22.1 Å². The van der Waals surface area contributed by atoms with Gasteiger partial charge in [0.15, 0.2) is 5.16 Å². The van der Waals surface area contributed by atoms with Gasteiger partial charge in [-0.1, -0.05) is 43.8 Å². The number of hydrogen-bond acceptors (Lipinski definition) is 5. The number of aromatic amines is 1. The Balaban J connectivity index is 1.60. The summed E-state index contributed by atoms with van der Waals surface area (Å²) in [6, 6.07) is 13.1. The van der Waals surface area contributed by atoms with Gasteiger partial charge in [0, 0.05) is 19.6 Å². The second kappa shape index (κ2) is 8.86. The molecule has 4 aromatic rings. The van der Waals surface area contributed by atoms with Gasteiger partial charge in [0.1, 0.15) is 5.82 Å². The van der Waals surface area contributed by atoms with Crippen LogP contribution in [-0.2, 0) is 22.3 Å². The van der Waals surface area contributed by atoms with Crippen LogP contribution in [-0.4, -0.2) is 45.3 Å². The minimum absolute atomic E-state index is 0.277. The van der Waals surface area contributed by atoms with Crippen molar-refractivity contribution >= 4 is 43.9 Å². The fourth-order valence-electron chi connectivity index (χ4n) is 3.59. The lowest BCUT2D eigenvalue weighted by Crippen LogP contribution is -2.30. The number of thioether (sulfide) groups is 1. The summed E-state index contributed by atoms with van der Waals surface area (Å²) in [5.74, 6) is 1.36. The van der Waals surface area contributed by atoms with E-state index in [0.717, 1.165) is 27.5 Å². The van der Waals surface area contributed by atoms with Crippen LogP contribution in [0.3, 0.4) is 0 Å². The number of hydrogen-bond donors (Lipinski definition) is 1. The summed E-state index contributed by atoms with van der Waals surface area (Å²) in [4.78, 5) is 12.9. The van der Waals surface area contributed by atoms with Gasteiger partial charge in [-0.15, -0.1) is 6.58 Å². The molecule has 0 fully saturated rings. The summed E-state index contributed by atoms with van der Waals surface area (Å²) in [5, 5.41) is 0.895. The predicted octanol–water partition coefficient (Wildman–Crippen LogP) is 4.42. The van der Waals surface area contributed by atoms with E-state index in [0.29, 0.717) is 30.9 Å². The third kappa shape index (κ3) is 4.13. The van der Waals surface area contributed by atoms with Crippen LogP contribution >= 0.6 is 11.8 Å². The molecule has 0 saturated carbocycles. The van der Waals surface area contributed by atoms with Crippen LogP contribution in [0.5, 0.6) is 0 Å². The lowest BCUT2D eigenvalue weighted by atomic mass is 10.3. The van der Waals surface area contributed by atoms with Crippen molar-refractivity contribution in [1.82, 2.24) is 23.8 Å². The van der Waals surface area contributed by atoms with Crippen LogP contribution in [0.4, 0.5) is 0 Å². The van der Waals surface area contributed by atoms with Gasteiger partial charge in [-0.05, 0) is 30.3 Å². The smallest absolute Gasteiger partial charge is 0.243 e. The molecule has 0 saturated heterocycles. The van der Waals surface area contributed by atoms with Gasteiger partial charge in [-0.3, -0.25) is 0 Å². The predicted molar refractivity (Wildman–Crippen MR) is 126 cm³/mol. The monoisotopic (exact) mass is 455 g/mol. The van der Waals surface area contributed by atoms with Gasteiger partial charge in [0.05, 0.1) is 32.7 Å². The summed E-state index contributed by atoms with van der Waals surface area (Å²) in [6.45, 7) is 9.08. The van der Waals surface area contributed by atoms with Crippen LogP contribution in [0.15, 0.2) is 65.2 Å². The topological polar surface area (TPSA) is 83.9 Å². The molecule has 2 aromatic heterocycles. The number of benzene rings is 2. The van der Waals surface area contributed by atoms with Crippen LogP contribution in [0, 0.1) is 0 Å². The molecule has 0 radical (unpaired) electrons. The summed E-state index contributed by atoms with van der Waals surface area (Å²) in [7, 11) is -3.51. The second-order valence-corrected chi connectivity index (χ2v) is 9.90.